The maximum Gasteiger partial charge on any atom is 0.417 e. The van der Waals surface area contributed by atoms with Crippen molar-refractivity contribution in [2.24, 2.45) is 10.9 Å². The molecule has 13 heteroatoms. The maximum absolute atomic E-state index is 13.5. The van der Waals surface area contributed by atoms with Crippen LogP contribution in [0, 0.1) is 0 Å². The van der Waals surface area contributed by atoms with Gasteiger partial charge in [-0.3, -0.25) is 4.79 Å². The molecule has 0 heterocycles. The molecule has 0 amide bonds. The first-order chi connectivity index (χ1) is 15.5. The predicted molar refractivity (Wildman–Crippen MR) is 103 cm³/mol. The Labute approximate surface area is 186 Å². The number of ketones is 1. The number of alkyl halides is 9. The molecule has 0 spiro atoms. The molecule has 2 rings (SSSR count). The Morgan fingerprint density at radius 2 is 1.62 bits per heavy atom. The number of rotatable bonds is 6. The number of nitrogens with zero attached hydrogens (tertiary/aromatic N) is 1. The molecule has 0 bridgehead atoms. The van der Waals surface area contributed by atoms with Crippen LogP contribution in [0.4, 0.5) is 39.5 Å². The molecule has 1 atom stereocenters. The Kier molecular flexibility index (Phi) is 7.69. The Morgan fingerprint density at radius 3 is 2.15 bits per heavy atom. The first-order valence-electron chi connectivity index (χ1n) is 9.18. The lowest BCUT2D eigenvalue weighted by atomic mass is 9.91. The number of hydrogen-bond acceptors (Lipinski definition) is 3. The second-order valence-corrected chi connectivity index (χ2v) is 7.01. The molecule has 3 N–H and O–H groups in total. The normalized spacial score (nSPS) is 14.4. The van der Waals surface area contributed by atoms with Gasteiger partial charge in [0.15, 0.2) is 11.6 Å². The summed E-state index contributed by atoms with van der Waals surface area (Å²) in [6.07, 6.45) is -14.8. The van der Waals surface area contributed by atoms with E-state index in [1.807, 2.05) is 0 Å². The molecule has 0 radical (unpaired) electrons. The monoisotopic (exact) mass is 498 g/mol. The lowest BCUT2D eigenvalue weighted by molar-refractivity contribution is -0.156. The summed E-state index contributed by atoms with van der Waals surface area (Å²) in [5.74, 6) is -4.59. The second-order valence-electron chi connectivity index (χ2n) is 7.01. The van der Waals surface area contributed by atoms with Gasteiger partial charge in [-0.15, -0.1) is 0 Å². The van der Waals surface area contributed by atoms with Gasteiger partial charge in [0, 0.05) is 12.0 Å². The van der Waals surface area contributed by atoms with Gasteiger partial charge in [-0.2, -0.15) is 39.5 Å². The Hall–Kier alpha value is -3.51. The lowest BCUT2D eigenvalue weighted by Gasteiger charge is -2.20. The summed E-state index contributed by atoms with van der Waals surface area (Å²) in [6.45, 7) is 0. The second kappa shape index (κ2) is 9.77. The molecule has 0 aliphatic heterocycles. The van der Waals surface area contributed by atoms with E-state index >= 15 is 0 Å². The summed E-state index contributed by atoms with van der Waals surface area (Å²) >= 11 is 0. The SMILES string of the molecule is N/C(=N/O)c1ccc(/C=C/C(=O)CC(c2cccc(C(F)(F)F)c2)C(F)(F)F)cc1C(F)(F)F. The van der Waals surface area contributed by atoms with Gasteiger partial charge in [0.25, 0.3) is 0 Å². The van der Waals surface area contributed by atoms with E-state index in [0.29, 0.717) is 18.2 Å². The minimum atomic E-state index is -5.07. The van der Waals surface area contributed by atoms with E-state index in [0.717, 1.165) is 30.3 Å². The van der Waals surface area contributed by atoms with Gasteiger partial charge < -0.3 is 10.9 Å². The summed E-state index contributed by atoms with van der Waals surface area (Å²) < 4.78 is 119. The summed E-state index contributed by atoms with van der Waals surface area (Å²) in [6, 6.07) is 4.85. The number of benzene rings is 2. The first-order valence-corrected chi connectivity index (χ1v) is 9.18. The molecule has 2 aromatic rings. The number of oxime groups is 1. The van der Waals surface area contributed by atoms with Gasteiger partial charge in [0.05, 0.1) is 17.0 Å². The molecule has 0 aliphatic carbocycles. The van der Waals surface area contributed by atoms with Crippen molar-refractivity contribution in [1.82, 2.24) is 0 Å². The zero-order chi connectivity index (χ0) is 25.9. The highest BCUT2D eigenvalue weighted by Gasteiger charge is 2.42. The van der Waals surface area contributed by atoms with E-state index < -0.39 is 64.7 Å². The summed E-state index contributed by atoms with van der Waals surface area (Å²) in [7, 11) is 0. The number of carbonyl (C=O) groups is 1. The average molecular weight is 498 g/mol. The Morgan fingerprint density at radius 1 is 0.971 bits per heavy atom. The molecule has 2 aromatic carbocycles. The fourth-order valence-electron chi connectivity index (χ4n) is 2.99. The van der Waals surface area contributed by atoms with Crippen molar-refractivity contribution in [2.45, 2.75) is 30.9 Å². The van der Waals surface area contributed by atoms with Crippen LogP contribution in [-0.2, 0) is 17.1 Å². The van der Waals surface area contributed by atoms with Crippen LogP contribution in [0.2, 0.25) is 0 Å². The third-order valence-corrected chi connectivity index (χ3v) is 4.61. The highest BCUT2D eigenvalue weighted by Crippen LogP contribution is 2.40. The highest BCUT2D eigenvalue weighted by molar-refractivity contribution is 5.99. The van der Waals surface area contributed by atoms with Crippen molar-refractivity contribution < 1.29 is 49.5 Å². The van der Waals surface area contributed by atoms with Crippen LogP contribution < -0.4 is 5.73 Å². The van der Waals surface area contributed by atoms with Crippen molar-refractivity contribution >= 4 is 17.7 Å². The average Bonchev–Trinajstić information content (AvgIpc) is 2.73. The maximum atomic E-state index is 13.5. The Balaban J connectivity index is 2.33. The summed E-state index contributed by atoms with van der Waals surface area (Å²) in [4.78, 5) is 12.1. The number of amidine groups is 1. The van der Waals surface area contributed by atoms with Crippen LogP contribution in [0.15, 0.2) is 53.7 Å². The van der Waals surface area contributed by atoms with Gasteiger partial charge in [-0.25, -0.2) is 0 Å². The topological polar surface area (TPSA) is 75.7 Å². The van der Waals surface area contributed by atoms with Crippen molar-refractivity contribution in [3.05, 3.63) is 76.4 Å². The molecule has 4 nitrogen and oxygen atoms in total. The van der Waals surface area contributed by atoms with Crippen molar-refractivity contribution in [2.75, 3.05) is 0 Å². The summed E-state index contributed by atoms with van der Waals surface area (Å²) in [5, 5.41) is 11.1. The molecule has 0 aromatic heterocycles. The van der Waals surface area contributed by atoms with Crippen molar-refractivity contribution in [3.63, 3.8) is 0 Å². The van der Waals surface area contributed by atoms with Crippen LogP contribution in [0.1, 0.15) is 40.2 Å². The van der Waals surface area contributed by atoms with Gasteiger partial charge in [0.2, 0.25) is 0 Å². The Bertz CT molecular complexity index is 1100. The molecule has 1 unspecified atom stereocenters. The van der Waals surface area contributed by atoms with E-state index in [2.05, 4.69) is 5.16 Å². The van der Waals surface area contributed by atoms with Crippen molar-refractivity contribution in [3.8, 4) is 0 Å². The fourth-order valence-corrected chi connectivity index (χ4v) is 2.99. The van der Waals surface area contributed by atoms with Crippen LogP contribution >= 0.6 is 0 Å². The number of halogens is 9. The molecule has 0 aliphatic rings. The molecule has 0 saturated carbocycles. The molecular weight excluding hydrogens is 483 g/mol. The third-order valence-electron chi connectivity index (χ3n) is 4.61. The number of carbonyl (C=O) groups excluding carboxylic acids is 1. The predicted octanol–water partition coefficient (Wildman–Crippen LogP) is 6.14. The van der Waals surface area contributed by atoms with E-state index in [1.54, 1.807) is 0 Å². The number of allylic oxidation sites excluding steroid dienone is 1. The molecule has 184 valence electrons. The lowest BCUT2D eigenvalue weighted by Crippen LogP contribution is -2.23. The van der Waals surface area contributed by atoms with Gasteiger partial charge >= 0.3 is 18.5 Å². The number of nitrogens with two attached hydrogens (primary N) is 1. The van der Waals surface area contributed by atoms with E-state index in [9.17, 15) is 44.3 Å². The smallest absolute Gasteiger partial charge is 0.409 e. The largest absolute Gasteiger partial charge is 0.417 e. The third kappa shape index (κ3) is 6.75. The van der Waals surface area contributed by atoms with Crippen LogP contribution in [0.5, 0.6) is 0 Å². The minimum absolute atomic E-state index is 0.238. The zero-order valence-corrected chi connectivity index (χ0v) is 16.8. The first kappa shape index (κ1) is 26.7. The molecular formula is C21H15F9N2O2. The van der Waals surface area contributed by atoms with Crippen LogP contribution in [0.25, 0.3) is 6.08 Å². The quantitative estimate of drug-likeness (QED) is 0.126. The van der Waals surface area contributed by atoms with E-state index in [-0.39, 0.29) is 11.6 Å². The molecule has 34 heavy (non-hydrogen) atoms. The van der Waals surface area contributed by atoms with Crippen LogP contribution in [-0.4, -0.2) is 23.0 Å². The highest BCUT2D eigenvalue weighted by atomic mass is 19.4. The molecule has 0 fully saturated rings. The minimum Gasteiger partial charge on any atom is -0.409 e. The van der Waals surface area contributed by atoms with Crippen molar-refractivity contribution in [1.29, 1.82) is 0 Å². The van der Waals surface area contributed by atoms with E-state index in [4.69, 9.17) is 10.9 Å². The van der Waals surface area contributed by atoms with Gasteiger partial charge in [0.1, 0.15) is 0 Å². The van der Waals surface area contributed by atoms with Gasteiger partial charge in [-0.1, -0.05) is 35.5 Å². The van der Waals surface area contributed by atoms with Gasteiger partial charge in [-0.05, 0) is 35.4 Å². The molecule has 0 saturated heterocycles. The number of hydrogen-bond donors (Lipinski definition) is 2. The fraction of sp³-hybridized carbons (Fsp3) is 0.238. The zero-order valence-electron chi connectivity index (χ0n) is 16.8. The summed E-state index contributed by atoms with van der Waals surface area (Å²) in [5.41, 5.74) is 0.862. The standard InChI is InChI=1S/C21H15F9N2O2/c22-19(23,24)13-3-1-2-12(9-13)16(20(25,26)27)10-14(33)6-4-11-5-7-15(18(31)32-34)17(8-11)21(28,29)30/h1-9,16,34H,10H2,(H2,31,32)/b6-4+. The van der Waals surface area contributed by atoms with Crippen LogP contribution in [0.3, 0.4) is 0 Å². The van der Waals surface area contributed by atoms with E-state index in [1.165, 1.54) is 0 Å².